The van der Waals surface area contributed by atoms with Gasteiger partial charge in [-0.1, -0.05) is 0 Å². The molecule has 1 heterocycles. The Morgan fingerprint density at radius 2 is 2.50 bits per heavy atom. The van der Waals surface area contributed by atoms with Crippen LogP contribution in [0.3, 0.4) is 0 Å². The van der Waals surface area contributed by atoms with Crippen LogP contribution in [0, 0.1) is 5.92 Å². The van der Waals surface area contributed by atoms with E-state index in [4.69, 9.17) is 11.6 Å². The lowest BCUT2D eigenvalue weighted by Gasteiger charge is -2.07. The molecule has 0 aromatic heterocycles. The molecule has 0 aromatic carbocycles. The van der Waals surface area contributed by atoms with Crippen molar-refractivity contribution in [3.8, 4) is 0 Å². The summed E-state index contributed by atoms with van der Waals surface area (Å²) in [7, 11) is 2.12. The summed E-state index contributed by atoms with van der Waals surface area (Å²) in [5, 5.41) is 0. The molecule has 5 heteroatoms. The van der Waals surface area contributed by atoms with Gasteiger partial charge in [-0.15, -0.1) is 0 Å². The van der Waals surface area contributed by atoms with E-state index >= 15 is 0 Å². The zero-order chi connectivity index (χ0) is 8.97. The van der Waals surface area contributed by atoms with Crippen LogP contribution in [-0.4, -0.2) is 37.5 Å². The van der Waals surface area contributed by atoms with Gasteiger partial charge in [0.05, 0.1) is 0 Å². The Labute approximate surface area is 72.8 Å². The van der Waals surface area contributed by atoms with E-state index in [9.17, 15) is 0 Å². The second-order valence-corrected chi connectivity index (χ2v) is 3.29. The quantitative estimate of drug-likeness (QED) is 0.209. The summed E-state index contributed by atoms with van der Waals surface area (Å²) in [6, 6.07) is 0. The largest absolute Gasteiger partial charge is 0.369 e. The molecule has 1 atom stereocenters. The topological polar surface area (TPSA) is 79.7 Å². The molecule has 0 saturated carbocycles. The highest BCUT2D eigenvalue weighted by Gasteiger charge is 2.18. The van der Waals surface area contributed by atoms with Gasteiger partial charge in [-0.3, -0.25) is 10.4 Å². The molecule has 5 N–H and O–H groups in total. The fraction of sp³-hybridized carbons (Fsp3) is 0.857. The van der Waals surface area contributed by atoms with E-state index in [2.05, 4.69) is 22.4 Å². The zero-order valence-corrected chi connectivity index (χ0v) is 7.45. The van der Waals surface area contributed by atoms with Crippen molar-refractivity contribution in [1.29, 1.82) is 0 Å². The highest BCUT2D eigenvalue weighted by molar-refractivity contribution is 5.77. The molecule has 1 unspecified atom stereocenters. The minimum Gasteiger partial charge on any atom is -0.369 e. The van der Waals surface area contributed by atoms with Crippen LogP contribution < -0.4 is 17.0 Å². The molecule has 1 rings (SSSR count). The van der Waals surface area contributed by atoms with Crippen LogP contribution in [0.2, 0.25) is 0 Å². The van der Waals surface area contributed by atoms with Gasteiger partial charge in [-0.2, -0.15) is 0 Å². The highest BCUT2D eigenvalue weighted by Crippen LogP contribution is 2.13. The van der Waals surface area contributed by atoms with E-state index < -0.39 is 0 Å². The first-order chi connectivity index (χ1) is 5.72. The minimum absolute atomic E-state index is 0.324. The van der Waals surface area contributed by atoms with Crippen molar-refractivity contribution in [3.05, 3.63) is 0 Å². The molecule has 0 aliphatic carbocycles. The van der Waals surface area contributed by atoms with Crippen LogP contribution >= 0.6 is 0 Å². The van der Waals surface area contributed by atoms with Gasteiger partial charge in [-0.25, -0.2) is 5.84 Å². The number of hydrogen-bond donors (Lipinski definition) is 3. The van der Waals surface area contributed by atoms with E-state index in [1.54, 1.807) is 0 Å². The molecule has 1 saturated heterocycles. The molecule has 0 bridgehead atoms. The van der Waals surface area contributed by atoms with Crippen LogP contribution in [0.4, 0.5) is 0 Å². The fourth-order valence-electron chi connectivity index (χ4n) is 1.45. The van der Waals surface area contributed by atoms with E-state index in [1.165, 1.54) is 6.42 Å². The summed E-state index contributed by atoms with van der Waals surface area (Å²) >= 11 is 0. The third-order valence-corrected chi connectivity index (χ3v) is 2.16. The van der Waals surface area contributed by atoms with Gasteiger partial charge < -0.3 is 10.6 Å². The molecule has 0 amide bonds. The highest BCUT2D eigenvalue weighted by atomic mass is 15.3. The number of aliphatic imine (C=N–C) groups is 1. The minimum atomic E-state index is 0.324. The van der Waals surface area contributed by atoms with Crippen molar-refractivity contribution in [2.45, 2.75) is 6.42 Å². The maximum absolute atomic E-state index is 5.39. The van der Waals surface area contributed by atoms with Gasteiger partial charge in [0, 0.05) is 13.1 Å². The van der Waals surface area contributed by atoms with Crippen LogP contribution in [0.25, 0.3) is 0 Å². The van der Waals surface area contributed by atoms with Crippen molar-refractivity contribution in [1.82, 2.24) is 10.3 Å². The average Bonchev–Trinajstić information content (AvgIpc) is 2.47. The summed E-state index contributed by atoms with van der Waals surface area (Å²) in [6.45, 7) is 3.05. The molecule has 12 heavy (non-hydrogen) atoms. The number of guanidine groups is 1. The van der Waals surface area contributed by atoms with Crippen molar-refractivity contribution in [2.75, 3.05) is 26.7 Å². The molecule has 0 aromatic rings. The Bertz CT molecular complexity index is 167. The molecule has 1 fully saturated rings. The number of nitrogens with two attached hydrogens (primary N) is 2. The molecule has 1 aliphatic rings. The van der Waals surface area contributed by atoms with Gasteiger partial charge in [-0.05, 0) is 25.9 Å². The monoisotopic (exact) mass is 171 g/mol. The van der Waals surface area contributed by atoms with Crippen molar-refractivity contribution in [3.63, 3.8) is 0 Å². The Morgan fingerprint density at radius 1 is 1.75 bits per heavy atom. The predicted octanol–water partition coefficient (Wildman–Crippen LogP) is -1.28. The Hall–Kier alpha value is -0.810. The maximum Gasteiger partial charge on any atom is 0.203 e. The first-order valence-corrected chi connectivity index (χ1v) is 4.17. The summed E-state index contributed by atoms with van der Waals surface area (Å²) in [6.07, 6.45) is 1.21. The fourth-order valence-corrected chi connectivity index (χ4v) is 1.45. The number of hydrogen-bond acceptors (Lipinski definition) is 3. The van der Waals surface area contributed by atoms with Crippen LogP contribution in [0.5, 0.6) is 0 Å². The van der Waals surface area contributed by atoms with Crippen LogP contribution in [-0.2, 0) is 0 Å². The predicted molar refractivity (Wildman–Crippen MR) is 49.4 cm³/mol. The molecule has 0 spiro atoms. The molecule has 5 nitrogen and oxygen atoms in total. The lowest BCUT2D eigenvalue weighted by molar-refractivity contribution is 0.397. The van der Waals surface area contributed by atoms with E-state index in [-0.39, 0.29) is 0 Å². The number of likely N-dealkylation sites (tertiary alicyclic amines) is 1. The third-order valence-electron chi connectivity index (χ3n) is 2.16. The number of rotatable bonds is 2. The zero-order valence-electron chi connectivity index (χ0n) is 7.45. The summed E-state index contributed by atoms with van der Waals surface area (Å²) in [5.74, 6) is 6.03. The van der Waals surface area contributed by atoms with E-state index in [0.29, 0.717) is 11.9 Å². The lowest BCUT2D eigenvalue weighted by Crippen LogP contribution is -2.37. The molecular weight excluding hydrogens is 154 g/mol. The van der Waals surface area contributed by atoms with Gasteiger partial charge in [0.2, 0.25) is 5.96 Å². The van der Waals surface area contributed by atoms with E-state index in [1.807, 2.05) is 0 Å². The second-order valence-electron chi connectivity index (χ2n) is 3.29. The van der Waals surface area contributed by atoms with Crippen LogP contribution in [0.1, 0.15) is 6.42 Å². The lowest BCUT2D eigenvalue weighted by atomic mass is 10.1. The molecule has 70 valence electrons. The molecular formula is C7H17N5. The van der Waals surface area contributed by atoms with Gasteiger partial charge in [0.25, 0.3) is 0 Å². The van der Waals surface area contributed by atoms with Gasteiger partial charge in [0.1, 0.15) is 0 Å². The third kappa shape index (κ3) is 2.67. The van der Waals surface area contributed by atoms with Crippen molar-refractivity contribution in [2.24, 2.45) is 22.5 Å². The first-order valence-electron chi connectivity index (χ1n) is 4.17. The Balaban J connectivity index is 2.24. The smallest absolute Gasteiger partial charge is 0.203 e. The van der Waals surface area contributed by atoms with E-state index in [0.717, 1.165) is 19.6 Å². The first kappa shape index (κ1) is 9.28. The Kier molecular flexibility index (Phi) is 3.31. The SMILES string of the molecule is CN1CCC(CN=C(N)NN)C1. The van der Waals surface area contributed by atoms with Crippen LogP contribution in [0.15, 0.2) is 4.99 Å². The summed E-state index contributed by atoms with van der Waals surface area (Å²) < 4.78 is 0. The summed E-state index contributed by atoms with van der Waals surface area (Å²) in [4.78, 5) is 6.39. The number of nitrogens with one attached hydrogen (secondary N) is 1. The molecule has 0 radical (unpaired) electrons. The number of nitrogens with zero attached hydrogens (tertiary/aromatic N) is 2. The molecule has 1 aliphatic heterocycles. The normalized spacial score (nSPS) is 26.2. The van der Waals surface area contributed by atoms with Crippen molar-refractivity contribution >= 4 is 5.96 Å². The maximum atomic E-state index is 5.39. The van der Waals surface area contributed by atoms with Gasteiger partial charge in [0.15, 0.2) is 0 Å². The summed E-state index contributed by atoms with van der Waals surface area (Å²) in [5.41, 5.74) is 7.70. The second kappa shape index (κ2) is 4.27. The van der Waals surface area contributed by atoms with Gasteiger partial charge >= 0.3 is 0 Å². The standard InChI is InChI=1S/C7H17N5/c1-12-3-2-6(5-12)4-10-7(8)11-9/h6H,2-5,9H2,1H3,(H3,8,10,11). The Morgan fingerprint density at radius 3 is 3.00 bits per heavy atom. The number of hydrazine groups is 1. The average molecular weight is 171 g/mol. The van der Waals surface area contributed by atoms with Crippen molar-refractivity contribution < 1.29 is 0 Å².